The van der Waals surface area contributed by atoms with E-state index in [0.29, 0.717) is 23.6 Å². The normalized spacial score (nSPS) is 12.0. The van der Waals surface area contributed by atoms with E-state index in [1.54, 1.807) is 19.1 Å². The zero-order valence-electron chi connectivity index (χ0n) is 12.8. The molecule has 0 amide bonds. The van der Waals surface area contributed by atoms with Crippen LogP contribution in [0.25, 0.3) is 0 Å². The minimum atomic E-state index is -3.77. The molecule has 0 saturated heterocycles. The van der Waals surface area contributed by atoms with E-state index in [0.717, 1.165) is 0 Å². The third-order valence-corrected chi connectivity index (χ3v) is 4.26. The van der Waals surface area contributed by atoms with Crippen LogP contribution in [0.5, 0.6) is 5.75 Å². The van der Waals surface area contributed by atoms with Crippen molar-refractivity contribution >= 4 is 15.7 Å². The Bertz CT molecular complexity index is 785. The third kappa shape index (κ3) is 4.53. The summed E-state index contributed by atoms with van der Waals surface area (Å²) < 4.78 is 42.5. The fourth-order valence-electron chi connectivity index (χ4n) is 1.82. The van der Waals surface area contributed by atoms with Gasteiger partial charge in [-0.05, 0) is 55.8 Å². The van der Waals surface area contributed by atoms with E-state index >= 15 is 0 Å². The number of ether oxygens (including phenoxy) is 1. The summed E-state index contributed by atoms with van der Waals surface area (Å²) in [4.78, 5) is 2.25. The largest absolute Gasteiger partial charge is 0.494 e. The maximum Gasteiger partial charge on any atom is 0.276 e. The zero-order chi connectivity index (χ0) is 16.9. The van der Waals surface area contributed by atoms with E-state index in [9.17, 15) is 12.8 Å². The number of benzene rings is 2. The Morgan fingerprint density at radius 1 is 1.13 bits per heavy atom. The number of sulfonamides is 1. The van der Waals surface area contributed by atoms with Crippen LogP contribution in [0.15, 0.2) is 58.5 Å². The quantitative estimate of drug-likeness (QED) is 0.651. The highest BCUT2D eigenvalue weighted by molar-refractivity contribution is 7.89. The van der Waals surface area contributed by atoms with Gasteiger partial charge in [0.2, 0.25) is 0 Å². The first-order valence-electron chi connectivity index (χ1n) is 6.97. The van der Waals surface area contributed by atoms with Crippen LogP contribution >= 0.6 is 0 Å². The summed E-state index contributed by atoms with van der Waals surface area (Å²) in [7, 11) is -3.77. The summed E-state index contributed by atoms with van der Waals surface area (Å²) in [6, 6.07) is 11.7. The van der Waals surface area contributed by atoms with Crippen molar-refractivity contribution in [2.45, 2.75) is 18.7 Å². The molecule has 0 heterocycles. The molecule has 0 fully saturated rings. The molecule has 0 aromatic heterocycles. The van der Waals surface area contributed by atoms with Gasteiger partial charge in [0.1, 0.15) is 11.6 Å². The van der Waals surface area contributed by atoms with E-state index in [-0.39, 0.29) is 10.7 Å². The van der Waals surface area contributed by atoms with Gasteiger partial charge in [0.15, 0.2) is 0 Å². The minimum Gasteiger partial charge on any atom is -0.494 e. The second-order valence-corrected chi connectivity index (χ2v) is 6.36. The molecular weight excluding hydrogens is 319 g/mol. The van der Waals surface area contributed by atoms with Crippen LogP contribution in [0.1, 0.15) is 19.4 Å². The topological polar surface area (TPSA) is 67.8 Å². The molecule has 23 heavy (non-hydrogen) atoms. The number of hydrogen-bond donors (Lipinski definition) is 1. The zero-order valence-corrected chi connectivity index (χ0v) is 13.6. The monoisotopic (exact) mass is 336 g/mol. The molecule has 0 radical (unpaired) electrons. The fourth-order valence-corrected chi connectivity index (χ4v) is 2.68. The van der Waals surface area contributed by atoms with Gasteiger partial charge in [-0.25, -0.2) is 4.39 Å². The number of nitrogens with one attached hydrogen (secondary N) is 1. The van der Waals surface area contributed by atoms with Gasteiger partial charge in [0, 0.05) is 0 Å². The first-order chi connectivity index (χ1) is 10.9. The highest BCUT2D eigenvalue weighted by Gasteiger charge is 2.13. The molecule has 2 rings (SSSR count). The van der Waals surface area contributed by atoms with E-state index in [2.05, 4.69) is 9.93 Å². The number of hydrogen-bond acceptors (Lipinski definition) is 4. The summed E-state index contributed by atoms with van der Waals surface area (Å²) in [5.41, 5.74) is 1.06. The Hall–Kier alpha value is -2.41. The summed E-state index contributed by atoms with van der Waals surface area (Å²) in [6.45, 7) is 3.98. The molecule has 0 spiro atoms. The molecule has 2 aromatic carbocycles. The van der Waals surface area contributed by atoms with Crippen molar-refractivity contribution in [2.24, 2.45) is 5.10 Å². The number of nitrogens with zero attached hydrogens (tertiary/aromatic N) is 1. The van der Waals surface area contributed by atoms with Crippen molar-refractivity contribution in [3.05, 3.63) is 59.9 Å². The van der Waals surface area contributed by atoms with Crippen molar-refractivity contribution in [1.29, 1.82) is 0 Å². The van der Waals surface area contributed by atoms with Crippen molar-refractivity contribution in [1.82, 2.24) is 4.83 Å². The molecule has 0 saturated carbocycles. The van der Waals surface area contributed by atoms with Gasteiger partial charge in [-0.3, -0.25) is 0 Å². The smallest absolute Gasteiger partial charge is 0.276 e. The van der Waals surface area contributed by atoms with E-state index < -0.39 is 10.0 Å². The molecule has 0 aliphatic heterocycles. The van der Waals surface area contributed by atoms with Gasteiger partial charge >= 0.3 is 0 Å². The van der Waals surface area contributed by atoms with Gasteiger partial charge in [0.25, 0.3) is 10.0 Å². The Kier molecular flexibility index (Phi) is 5.33. The lowest BCUT2D eigenvalue weighted by atomic mass is 10.1. The molecule has 0 unspecified atom stereocenters. The molecule has 1 N–H and O–H groups in total. The van der Waals surface area contributed by atoms with Gasteiger partial charge in [-0.2, -0.15) is 18.4 Å². The van der Waals surface area contributed by atoms with Crippen molar-refractivity contribution in [2.75, 3.05) is 6.61 Å². The lowest BCUT2D eigenvalue weighted by Gasteiger charge is -2.07. The lowest BCUT2D eigenvalue weighted by Crippen LogP contribution is -2.20. The minimum absolute atomic E-state index is 0.0802. The lowest BCUT2D eigenvalue weighted by molar-refractivity contribution is 0.340. The third-order valence-electron chi connectivity index (χ3n) is 3.04. The highest BCUT2D eigenvalue weighted by Crippen LogP contribution is 2.16. The predicted molar refractivity (Wildman–Crippen MR) is 86.5 cm³/mol. The molecule has 2 aromatic rings. The molecular formula is C16H17FN2O3S. The second-order valence-electron chi connectivity index (χ2n) is 4.70. The SMILES string of the molecule is CCOc1ccc(S(=O)(=O)NN=C(C)c2ccc(F)cc2)cc1. The highest BCUT2D eigenvalue weighted by atomic mass is 32.2. The van der Waals surface area contributed by atoms with Crippen molar-refractivity contribution < 1.29 is 17.5 Å². The van der Waals surface area contributed by atoms with Crippen LogP contribution in [-0.4, -0.2) is 20.7 Å². The Balaban J connectivity index is 2.14. The number of hydrazone groups is 1. The van der Waals surface area contributed by atoms with Crippen LogP contribution in [0.3, 0.4) is 0 Å². The predicted octanol–water partition coefficient (Wildman–Crippen LogP) is 2.93. The maximum atomic E-state index is 12.9. The van der Waals surface area contributed by atoms with Crippen LogP contribution in [0, 0.1) is 5.82 Å². The average Bonchev–Trinajstić information content (AvgIpc) is 2.54. The average molecular weight is 336 g/mol. The van der Waals surface area contributed by atoms with Gasteiger partial charge in [-0.15, -0.1) is 0 Å². The van der Waals surface area contributed by atoms with E-state index in [4.69, 9.17) is 4.74 Å². The van der Waals surface area contributed by atoms with Crippen LogP contribution in [0.4, 0.5) is 4.39 Å². The molecule has 5 nitrogen and oxygen atoms in total. The summed E-state index contributed by atoms with van der Waals surface area (Å²) in [6.07, 6.45) is 0. The van der Waals surface area contributed by atoms with Gasteiger partial charge in [-0.1, -0.05) is 12.1 Å². The molecule has 0 aliphatic carbocycles. The van der Waals surface area contributed by atoms with E-state index in [1.165, 1.54) is 36.4 Å². The van der Waals surface area contributed by atoms with Gasteiger partial charge in [0.05, 0.1) is 17.2 Å². The number of rotatable bonds is 6. The maximum absolute atomic E-state index is 12.9. The standard InChI is InChI=1S/C16H17FN2O3S/c1-3-22-15-8-10-16(11-9-15)23(20,21)19-18-12(2)13-4-6-14(17)7-5-13/h4-11,19H,3H2,1-2H3. The first-order valence-corrected chi connectivity index (χ1v) is 8.45. The summed E-state index contributed by atoms with van der Waals surface area (Å²) >= 11 is 0. The van der Waals surface area contributed by atoms with Crippen LogP contribution < -0.4 is 9.57 Å². The molecule has 7 heteroatoms. The van der Waals surface area contributed by atoms with Crippen LogP contribution in [-0.2, 0) is 10.0 Å². The van der Waals surface area contributed by atoms with Crippen LogP contribution in [0.2, 0.25) is 0 Å². The van der Waals surface area contributed by atoms with Gasteiger partial charge < -0.3 is 4.74 Å². The number of halogens is 1. The van der Waals surface area contributed by atoms with E-state index in [1.807, 2.05) is 6.92 Å². The molecule has 122 valence electrons. The first kappa shape index (κ1) is 17.0. The molecule has 0 bridgehead atoms. The van der Waals surface area contributed by atoms with Crippen molar-refractivity contribution in [3.63, 3.8) is 0 Å². The van der Waals surface area contributed by atoms with Crippen molar-refractivity contribution in [3.8, 4) is 5.75 Å². The molecule has 0 aliphatic rings. The Morgan fingerprint density at radius 2 is 1.74 bits per heavy atom. The Labute approximate surface area is 134 Å². The molecule has 0 atom stereocenters. The summed E-state index contributed by atoms with van der Waals surface area (Å²) in [5.74, 6) is 0.231. The Morgan fingerprint density at radius 3 is 2.30 bits per heavy atom. The summed E-state index contributed by atoms with van der Waals surface area (Å²) in [5, 5.41) is 3.86. The second kappa shape index (κ2) is 7.23. The fraction of sp³-hybridized carbons (Fsp3) is 0.188.